The minimum Gasteiger partial charge on any atom is -0.355 e. The molecule has 1 saturated heterocycles. The van der Waals surface area contributed by atoms with Crippen molar-refractivity contribution < 1.29 is 18.1 Å². The van der Waals surface area contributed by atoms with E-state index in [1.165, 1.54) is 6.07 Å². The number of aryl methyl sites for hydroxylation is 1. The van der Waals surface area contributed by atoms with Gasteiger partial charge >= 0.3 is 5.92 Å². The van der Waals surface area contributed by atoms with Crippen LogP contribution < -0.4 is 5.32 Å². The Morgan fingerprint density at radius 2 is 2.12 bits per heavy atom. The van der Waals surface area contributed by atoms with E-state index >= 15 is 0 Å². The number of carbonyl (C=O) groups is 1. The zero-order valence-corrected chi connectivity index (χ0v) is 19.4. The average Bonchev–Trinajstić information content (AvgIpc) is 3.18. The zero-order valence-electron chi connectivity index (χ0n) is 19.4. The Morgan fingerprint density at radius 1 is 1.33 bits per heavy atom. The first-order chi connectivity index (χ1) is 15.7. The van der Waals surface area contributed by atoms with Crippen LogP contribution in [0.2, 0.25) is 0 Å². The van der Waals surface area contributed by atoms with E-state index in [9.17, 15) is 13.6 Å². The molecule has 0 unspecified atom stereocenters. The van der Waals surface area contributed by atoms with Crippen molar-refractivity contribution in [3.8, 4) is 0 Å². The number of nitrogens with zero attached hydrogens (tertiary/aromatic N) is 4. The molecule has 3 heterocycles. The maximum Gasteiger partial charge on any atom is 0.304 e. The van der Waals surface area contributed by atoms with Gasteiger partial charge in [0.05, 0.1) is 18.3 Å². The van der Waals surface area contributed by atoms with Crippen molar-refractivity contribution in [2.75, 3.05) is 19.6 Å². The molecular formula is C24H33F2N5O2. The molecule has 2 saturated carbocycles. The van der Waals surface area contributed by atoms with Crippen molar-refractivity contribution in [3.63, 3.8) is 0 Å². The van der Waals surface area contributed by atoms with E-state index in [0.717, 1.165) is 70.6 Å². The van der Waals surface area contributed by atoms with Crippen LogP contribution in [0.15, 0.2) is 23.0 Å². The fourth-order valence-corrected chi connectivity index (χ4v) is 5.86. The maximum atomic E-state index is 13.5. The topological polar surface area (TPSA) is 76.2 Å². The number of rotatable bonds is 8. The van der Waals surface area contributed by atoms with Gasteiger partial charge in [-0.05, 0) is 62.5 Å². The first-order valence-corrected chi connectivity index (χ1v) is 12.1. The minimum atomic E-state index is -2.98. The molecule has 1 amide bonds. The van der Waals surface area contributed by atoms with Crippen LogP contribution in [0.4, 0.5) is 8.78 Å². The molecule has 2 aromatic rings. The van der Waals surface area contributed by atoms with Crippen LogP contribution >= 0.6 is 0 Å². The quantitative estimate of drug-likeness (QED) is 0.652. The average molecular weight is 462 g/mol. The summed E-state index contributed by atoms with van der Waals surface area (Å²) in [6.45, 7) is 3.79. The zero-order chi connectivity index (χ0) is 23.2. The number of nitrogens with one attached hydrogen (secondary N) is 1. The van der Waals surface area contributed by atoms with Gasteiger partial charge in [-0.15, -0.1) is 0 Å². The normalized spacial score (nSPS) is 29.8. The van der Waals surface area contributed by atoms with Gasteiger partial charge in [-0.2, -0.15) is 13.9 Å². The highest BCUT2D eigenvalue weighted by Crippen LogP contribution is 2.59. The summed E-state index contributed by atoms with van der Waals surface area (Å²) in [6, 6.07) is 1.74. The highest BCUT2D eigenvalue weighted by molar-refractivity contribution is 5.78. The van der Waals surface area contributed by atoms with Crippen molar-refractivity contribution in [3.05, 3.63) is 35.5 Å². The molecule has 0 radical (unpaired) electrons. The minimum absolute atomic E-state index is 0.0740. The van der Waals surface area contributed by atoms with Crippen molar-refractivity contribution in [1.82, 2.24) is 25.2 Å². The Hall–Kier alpha value is -2.29. The summed E-state index contributed by atoms with van der Waals surface area (Å²) < 4.78 is 33.7. The van der Waals surface area contributed by atoms with Gasteiger partial charge in [0.15, 0.2) is 0 Å². The van der Waals surface area contributed by atoms with Gasteiger partial charge in [0.1, 0.15) is 0 Å². The highest BCUT2D eigenvalue weighted by atomic mass is 19.3. The molecule has 1 N–H and O–H groups in total. The highest BCUT2D eigenvalue weighted by Gasteiger charge is 2.62. The third kappa shape index (κ3) is 4.83. The number of carbonyl (C=O) groups excluding carboxylic acids is 1. The molecule has 5 rings (SSSR count). The maximum absolute atomic E-state index is 13.5. The second kappa shape index (κ2) is 8.49. The molecule has 0 aromatic carbocycles. The molecule has 2 aromatic heterocycles. The summed E-state index contributed by atoms with van der Waals surface area (Å²) in [5.41, 5.74) is 1.56. The lowest BCUT2D eigenvalue weighted by Crippen LogP contribution is -2.39. The lowest BCUT2D eigenvalue weighted by Gasteiger charge is -2.30. The lowest BCUT2D eigenvalue weighted by atomic mass is 9.84. The Labute approximate surface area is 192 Å². The summed E-state index contributed by atoms with van der Waals surface area (Å²) >= 11 is 0. The molecule has 3 aliphatic rings. The van der Waals surface area contributed by atoms with Gasteiger partial charge in [-0.25, -0.2) is 0 Å². The number of halogens is 2. The third-order valence-electron chi connectivity index (χ3n) is 7.86. The number of hydrogen-bond donors (Lipinski definition) is 1. The van der Waals surface area contributed by atoms with Crippen LogP contribution in [-0.2, 0) is 29.6 Å². The van der Waals surface area contributed by atoms with Gasteiger partial charge in [-0.3, -0.25) is 9.48 Å². The van der Waals surface area contributed by atoms with Gasteiger partial charge in [0, 0.05) is 50.8 Å². The Kier molecular flexibility index (Phi) is 5.79. The molecule has 1 aliphatic heterocycles. The summed E-state index contributed by atoms with van der Waals surface area (Å²) in [6.07, 6.45) is 10.5. The Balaban J connectivity index is 1.03. The molecule has 33 heavy (non-hydrogen) atoms. The van der Waals surface area contributed by atoms with Crippen LogP contribution in [0.1, 0.15) is 62.5 Å². The van der Waals surface area contributed by atoms with E-state index in [-0.39, 0.29) is 23.1 Å². The number of aromatic nitrogens is 3. The van der Waals surface area contributed by atoms with E-state index in [0.29, 0.717) is 24.0 Å². The van der Waals surface area contributed by atoms with Crippen LogP contribution in [-0.4, -0.2) is 51.4 Å². The lowest BCUT2D eigenvalue weighted by molar-refractivity contribution is -0.121. The largest absolute Gasteiger partial charge is 0.355 e. The summed E-state index contributed by atoms with van der Waals surface area (Å²) in [5.74, 6) is -2.06. The Bertz CT molecular complexity index is 991. The van der Waals surface area contributed by atoms with Crippen LogP contribution in [0, 0.1) is 11.8 Å². The van der Waals surface area contributed by atoms with E-state index in [1.807, 2.05) is 13.2 Å². The number of fused-ring (bicyclic) bond motifs is 1. The van der Waals surface area contributed by atoms with Crippen molar-refractivity contribution in [2.45, 2.75) is 69.2 Å². The monoisotopic (exact) mass is 461 g/mol. The molecule has 3 fully saturated rings. The second-order valence-electron chi connectivity index (χ2n) is 10.5. The molecule has 7 nitrogen and oxygen atoms in total. The smallest absolute Gasteiger partial charge is 0.304 e. The molecule has 9 heteroatoms. The van der Waals surface area contributed by atoms with Crippen molar-refractivity contribution >= 4 is 5.91 Å². The van der Waals surface area contributed by atoms with Gasteiger partial charge in [-0.1, -0.05) is 5.16 Å². The second-order valence-corrected chi connectivity index (χ2v) is 10.5. The van der Waals surface area contributed by atoms with Crippen LogP contribution in [0.3, 0.4) is 0 Å². The van der Waals surface area contributed by atoms with Crippen LogP contribution in [0.5, 0.6) is 0 Å². The Morgan fingerprint density at radius 3 is 2.79 bits per heavy atom. The van der Waals surface area contributed by atoms with Gasteiger partial charge in [0.2, 0.25) is 11.7 Å². The van der Waals surface area contributed by atoms with Crippen molar-refractivity contribution in [2.24, 2.45) is 18.9 Å². The first kappa shape index (κ1) is 22.5. The van der Waals surface area contributed by atoms with E-state index in [4.69, 9.17) is 4.52 Å². The number of piperidine rings is 1. The fraction of sp³-hybridized carbons (Fsp3) is 0.708. The van der Waals surface area contributed by atoms with Gasteiger partial charge in [0.25, 0.3) is 0 Å². The molecular weight excluding hydrogens is 428 g/mol. The molecule has 0 spiro atoms. The van der Waals surface area contributed by atoms with E-state index < -0.39 is 5.92 Å². The number of alkyl halides is 2. The predicted octanol–water partition coefficient (Wildman–Crippen LogP) is 3.40. The number of likely N-dealkylation sites (tertiary alicyclic amines) is 1. The third-order valence-corrected chi connectivity index (χ3v) is 7.86. The van der Waals surface area contributed by atoms with E-state index in [2.05, 4.69) is 20.5 Å². The first-order valence-electron chi connectivity index (χ1n) is 12.1. The summed E-state index contributed by atoms with van der Waals surface area (Å²) in [5, 5.41) is 11.3. The summed E-state index contributed by atoms with van der Waals surface area (Å²) in [7, 11) is 1.85. The van der Waals surface area contributed by atoms with Gasteiger partial charge < -0.3 is 14.7 Å². The van der Waals surface area contributed by atoms with Crippen molar-refractivity contribution in [1.29, 1.82) is 0 Å². The SMILES string of the molecule is Cn1cc(CC(=O)N[C@H]2CC[C@H](CCN3C[C@@H]4C[C@]4(c4cc(C(C)(F)F)on4)C3)CC2)cn1. The fourth-order valence-electron chi connectivity index (χ4n) is 5.86. The summed E-state index contributed by atoms with van der Waals surface area (Å²) in [4.78, 5) is 14.8. The predicted molar refractivity (Wildman–Crippen MR) is 118 cm³/mol. The molecule has 2 aliphatic carbocycles. The number of amides is 1. The molecule has 0 bridgehead atoms. The molecule has 2 atom stereocenters. The number of hydrogen-bond acceptors (Lipinski definition) is 5. The van der Waals surface area contributed by atoms with E-state index in [1.54, 1.807) is 10.9 Å². The van der Waals surface area contributed by atoms with Crippen LogP contribution in [0.25, 0.3) is 0 Å². The molecule has 180 valence electrons. The standard InChI is InChI=1S/C24H33F2N5O2/c1-23(25,26)21-10-20(29-33-21)24-11-18(24)14-31(15-24)8-7-16-3-5-19(6-4-16)28-22(32)9-17-12-27-30(2)13-17/h10,12-13,16,18-19H,3-9,11,14-15H2,1-2H3,(H,28,32)/t16-,18-,19-,24-/m0/s1.